The number of benzene rings is 2. The fourth-order valence-electron chi connectivity index (χ4n) is 1.79. The van der Waals surface area contributed by atoms with Crippen LogP contribution in [0.2, 0.25) is 0 Å². The molecule has 3 nitrogen and oxygen atoms in total. The van der Waals surface area contributed by atoms with Crippen LogP contribution in [-0.2, 0) is 0 Å². The Morgan fingerprint density at radius 1 is 1.16 bits per heavy atom. The zero-order valence-corrected chi connectivity index (χ0v) is 10.8. The maximum Gasteiger partial charge on any atom is 0.145 e. The minimum atomic E-state index is 0.0560. The van der Waals surface area contributed by atoms with E-state index in [1.165, 1.54) is 0 Å². The fraction of sp³-hybridized carbons (Fsp3) is 0.188. The highest BCUT2D eigenvalue weighted by Gasteiger charge is 2.05. The van der Waals surface area contributed by atoms with E-state index in [1.807, 2.05) is 36.4 Å². The van der Waals surface area contributed by atoms with E-state index in [4.69, 9.17) is 15.7 Å². The highest BCUT2D eigenvalue weighted by atomic mass is 16.5. The Balaban J connectivity index is 2.18. The molecular weight excluding hydrogens is 236 g/mol. The lowest BCUT2D eigenvalue weighted by Gasteiger charge is -2.11. The van der Waals surface area contributed by atoms with E-state index in [-0.39, 0.29) is 6.04 Å². The van der Waals surface area contributed by atoms with Gasteiger partial charge >= 0.3 is 0 Å². The normalized spacial score (nSPS) is 11.6. The van der Waals surface area contributed by atoms with Crippen LogP contribution in [0.1, 0.15) is 30.5 Å². The van der Waals surface area contributed by atoms with Crippen LogP contribution in [0.15, 0.2) is 48.5 Å². The molecule has 0 radical (unpaired) electrons. The summed E-state index contributed by atoms with van der Waals surface area (Å²) in [5.74, 6) is 1.27. The van der Waals surface area contributed by atoms with Gasteiger partial charge in [-0.3, -0.25) is 0 Å². The Bertz CT molecular complexity index is 584. The summed E-state index contributed by atoms with van der Waals surface area (Å²) >= 11 is 0. The summed E-state index contributed by atoms with van der Waals surface area (Å²) in [6.07, 6.45) is 0.900. The molecule has 0 saturated carbocycles. The average Bonchev–Trinajstić information content (AvgIpc) is 2.48. The standard InChI is InChI=1S/C16H16N2O/c1-2-15(18)12-7-9-14(10-8-12)19-16-6-4-3-5-13(16)11-17/h3-10,15H,2,18H2,1H3/t15-/m1/s1. The Morgan fingerprint density at radius 3 is 2.47 bits per heavy atom. The number of hydrogen-bond donors (Lipinski definition) is 1. The number of para-hydroxylation sites is 1. The summed E-state index contributed by atoms with van der Waals surface area (Å²) in [5, 5.41) is 9.00. The Labute approximate surface area is 113 Å². The summed E-state index contributed by atoms with van der Waals surface area (Å²) in [4.78, 5) is 0. The molecule has 1 atom stereocenters. The number of nitriles is 1. The van der Waals surface area contributed by atoms with Gasteiger partial charge < -0.3 is 10.5 Å². The predicted octanol–water partition coefficient (Wildman–Crippen LogP) is 3.76. The second-order valence-corrected chi connectivity index (χ2v) is 4.29. The quantitative estimate of drug-likeness (QED) is 0.901. The maximum absolute atomic E-state index is 9.00. The molecule has 0 heterocycles. The van der Waals surface area contributed by atoms with Crippen LogP contribution in [0, 0.1) is 11.3 Å². The Morgan fingerprint density at radius 2 is 1.84 bits per heavy atom. The average molecular weight is 252 g/mol. The molecule has 0 bridgehead atoms. The zero-order chi connectivity index (χ0) is 13.7. The molecule has 96 valence electrons. The third kappa shape index (κ3) is 3.12. The van der Waals surface area contributed by atoms with Crippen LogP contribution in [0.4, 0.5) is 0 Å². The van der Waals surface area contributed by atoms with Gasteiger partial charge in [0.2, 0.25) is 0 Å². The zero-order valence-electron chi connectivity index (χ0n) is 10.8. The van der Waals surface area contributed by atoms with E-state index in [9.17, 15) is 0 Å². The number of ether oxygens (including phenoxy) is 1. The van der Waals surface area contributed by atoms with Gasteiger partial charge in [-0.1, -0.05) is 31.2 Å². The van der Waals surface area contributed by atoms with Gasteiger partial charge in [0, 0.05) is 6.04 Å². The molecule has 0 fully saturated rings. The number of rotatable bonds is 4. The highest BCUT2D eigenvalue weighted by Crippen LogP contribution is 2.26. The molecule has 2 aromatic carbocycles. The van der Waals surface area contributed by atoms with Crippen molar-refractivity contribution in [3.63, 3.8) is 0 Å². The van der Waals surface area contributed by atoms with Crippen LogP contribution in [-0.4, -0.2) is 0 Å². The summed E-state index contributed by atoms with van der Waals surface area (Å²) in [6.45, 7) is 2.05. The molecule has 0 spiro atoms. The van der Waals surface area contributed by atoms with Crippen molar-refractivity contribution < 1.29 is 4.74 Å². The van der Waals surface area contributed by atoms with Crippen LogP contribution >= 0.6 is 0 Å². The molecule has 0 aliphatic heterocycles. The molecule has 2 aromatic rings. The van der Waals surface area contributed by atoms with Gasteiger partial charge in [-0.25, -0.2) is 0 Å². The highest BCUT2D eigenvalue weighted by molar-refractivity contribution is 5.45. The van der Waals surface area contributed by atoms with Crippen molar-refractivity contribution in [1.82, 2.24) is 0 Å². The molecule has 2 N–H and O–H groups in total. The smallest absolute Gasteiger partial charge is 0.145 e. The van der Waals surface area contributed by atoms with Crippen LogP contribution in [0.3, 0.4) is 0 Å². The molecule has 0 unspecified atom stereocenters. The van der Waals surface area contributed by atoms with Gasteiger partial charge in [-0.05, 0) is 36.2 Å². The fourth-order valence-corrected chi connectivity index (χ4v) is 1.79. The topological polar surface area (TPSA) is 59.0 Å². The van der Waals surface area contributed by atoms with Gasteiger partial charge in [0.1, 0.15) is 17.6 Å². The lowest BCUT2D eigenvalue weighted by Crippen LogP contribution is -2.08. The lowest BCUT2D eigenvalue weighted by molar-refractivity contribution is 0.480. The lowest BCUT2D eigenvalue weighted by atomic mass is 10.1. The van der Waals surface area contributed by atoms with Crippen molar-refractivity contribution in [1.29, 1.82) is 5.26 Å². The predicted molar refractivity (Wildman–Crippen MR) is 74.9 cm³/mol. The first-order valence-corrected chi connectivity index (χ1v) is 6.27. The van der Waals surface area contributed by atoms with E-state index < -0.39 is 0 Å². The van der Waals surface area contributed by atoms with Crippen molar-refractivity contribution in [3.8, 4) is 17.6 Å². The SMILES string of the molecule is CC[C@@H](N)c1ccc(Oc2ccccc2C#N)cc1. The number of nitrogens with zero attached hydrogens (tertiary/aromatic N) is 1. The summed E-state index contributed by atoms with van der Waals surface area (Å²) in [5.41, 5.74) is 7.57. The van der Waals surface area contributed by atoms with Crippen LogP contribution in [0.5, 0.6) is 11.5 Å². The molecular formula is C16H16N2O. The minimum absolute atomic E-state index is 0.0560. The first-order valence-electron chi connectivity index (χ1n) is 6.27. The molecule has 0 aliphatic rings. The second-order valence-electron chi connectivity index (χ2n) is 4.29. The van der Waals surface area contributed by atoms with E-state index in [1.54, 1.807) is 12.1 Å². The van der Waals surface area contributed by atoms with Crippen molar-refractivity contribution in [2.45, 2.75) is 19.4 Å². The van der Waals surface area contributed by atoms with Crippen molar-refractivity contribution in [2.24, 2.45) is 5.73 Å². The van der Waals surface area contributed by atoms with E-state index >= 15 is 0 Å². The van der Waals surface area contributed by atoms with Crippen LogP contribution < -0.4 is 10.5 Å². The molecule has 0 aliphatic carbocycles. The molecule has 0 amide bonds. The maximum atomic E-state index is 9.00. The third-order valence-corrected chi connectivity index (χ3v) is 2.98. The summed E-state index contributed by atoms with van der Waals surface area (Å²) in [6, 6.07) is 17.0. The van der Waals surface area contributed by atoms with Gasteiger partial charge in [-0.2, -0.15) is 5.26 Å². The monoisotopic (exact) mass is 252 g/mol. The Hall–Kier alpha value is -2.31. The number of nitrogens with two attached hydrogens (primary N) is 1. The largest absolute Gasteiger partial charge is 0.456 e. The summed E-state index contributed by atoms with van der Waals surface area (Å²) < 4.78 is 5.71. The van der Waals surface area contributed by atoms with Gasteiger partial charge in [0.25, 0.3) is 0 Å². The molecule has 2 rings (SSSR count). The minimum Gasteiger partial charge on any atom is -0.456 e. The first kappa shape index (κ1) is 13.1. The molecule has 0 aromatic heterocycles. The van der Waals surface area contributed by atoms with E-state index in [2.05, 4.69) is 13.0 Å². The summed E-state index contributed by atoms with van der Waals surface area (Å²) in [7, 11) is 0. The first-order chi connectivity index (χ1) is 9.24. The van der Waals surface area contributed by atoms with Crippen molar-refractivity contribution in [3.05, 3.63) is 59.7 Å². The molecule has 0 saturated heterocycles. The van der Waals surface area contributed by atoms with Crippen molar-refractivity contribution in [2.75, 3.05) is 0 Å². The van der Waals surface area contributed by atoms with Gasteiger partial charge in [-0.15, -0.1) is 0 Å². The van der Waals surface area contributed by atoms with E-state index in [0.29, 0.717) is 17.1 Å². The molecule has 19 heavy (non-hydrogen) atoms. The van der Waals surface area contributed by atoms with Gasteiger partial charge in [0.05, 0.1) is 5.56 Å². The van der Waals surface area contributed by atoms with Crippen LogP contribution in [0.25, 0.3) is 0 Å². The molecule has 3 heteroatoms. The van der Waals surface area contributed by atoms with Gasteiger partial charge in [0.15, 0.2) is 0 Å². The second kappa shape index (κ2) is 6.03. The third-order valence-electron chi connectivity index (χ3n) is 2.98. The van der Waals surface area contributed by atoms with Crippen molar-refractivity contribution >= 4 is 0 Å². The number of hydrogen-bond acceptors (Lipinski definition) is 3. The Kier molecular flexibility index (Phi) is 4.17. The van der Waals surface area contributed by atoms with E-state index in [0.717, 1.165) is 12.0 Å².